The van der Waals surface area contributed by atoms with Crippen molar-refractivity contribution in [2.45, 2.75) is 31.8 Å². The number of rotatable bonds is 3. The van der Waals surface area contributed by atoms with Crippen LogP contribution in [0.25, 0.3) is 0 Å². The van der Waals surface area contributed by atoms with Crippen molar-refractivity contribution in [1.82, 2.24) is 24.8 Å². The zero-order chi connectivity index (χ0) is 16.5. The standard InChI is InChI=1S/C18H23N5O/c1-21-8-6-16(10-21)17-12-23(20-19-17)13-18(24)22-9-7-14-4-2-3-5-15(14)11-22/h2-5,12,16H,6-11,13H2,1H3. The lowest BCUT2D eigenvalue weighted by Gasteiger charge is -2.28. The van der Waals surface area contributed by atoms with Crippen LogP contribution in [-0.2, 0) is 24.3 Å². The number of likely N-dealkylation sites (tertiary alicyclic amines) is 1. The molecule has 0 aliphatic carbocycles. The van der Waals surface area contributed by atoms with Gasteiger partial charge in [0, 0.05) is 31.7 Å². The monoisotopic (exact) mass is 325 g/mol. The second-order valence-corrected chi connectivity index (χ2v) is 6.92. The Morgan fingerprint density at radius 2 is 2.08 bits per heavy atom. The summed E-state index contributed by atoms with van der Waals surface area (Å²) in [6.07, 6.45) is 3.99. The SMILES string of the molecule is CN1CCC(c2cn(CC(=O)N3CCc4ccccc4C3)nn2)C1. The van der Waals surface area contributed by atoms with Crippen molar-refractivity contribution in [2.75, 3.05) is 26.7 Å². The quantitative estimate of drug-likeness (QED) is 0.853. The van der Waals surface area contributed by atoms with Gasteiger partial charge in [-0.05, 0) is 37.6 Å². The molecule has 1 fully saturated rings. The molecule has 2 aliphatic rings. The Hall–Kier alpha value is -2.21. The molecule has 1 saturated heterocycles. The molecule has 0 N–H and O–H groups in total. The average Bonchev–Trinajstić information content (AvgIpc) is 3.23. The molecular formula is C18H23N5O. The Bertz CT molecular complexity index is 741. The Balaban J connectivity index is 1.39. The topological polar surface area (TPSA) is 54.3 Å². The number of aromatic nitrogens is 3. The fraction of sp³-hybridized carbons (Fsp3) is 0.500. The first-order valence-corrected chi connectivity index (χ1v) is 8.62. The zero-order valence-electron chi connectivity index (χ0n) is 14.1. The summed E-state index contributed by atoms with van der Waals surface area (Å²) >= 11 is 0. The first-order chi connectivity index (χ1) is 11.7. The molecule has 0 radical (unpaired) electrons. The lowest BCUT2D eigenvalue weighted by atomic mass is 10.00. The molecule has 2 aromatic rings. The van der Waals surface area contributed by atoms with Crippen molar-refractivity contribution < 1.29 is 4.79 Å². The molecule has 0 spiro atoms. The predicted molar refractivity (Wildman–Crippen MR) is 90.4 cm³/mol. The van der Waals surface area contributed by atoms with Crippen LogP contribution in [0.15, 0.2) is 30.5 Å². The first-order valence-electron chi connectivity index (χ1n) is 8.62. The summed E-state index contributed by atoms with van der Waals surface area (Å²) in [7, 11) is 2.13. The van der Waals surface area contributed by atoms with Crippen LogP contribution >= 0.6 is 0 Å². The first kappa shape index (κ1) is 15.3. The summed E-state index contributed by atoms with van der Waals surface area (Å²) in [5.41, 5.74) is 3.62. The van der Waals surface area contributed by atoms with Gasteiger partial charge in [0.1, 0.15) is 6.54 Å². The third-order valence-electron chi connectivity index (χ3n) is 5.15. The van der Waals surface area contributed by atoms with Crippen LogP contribution in [0.4, 0.5) is 0 Å². The minimum absolute atomic E-state index is 0.115. The molecule has 1 aromatic carbocycles. The minimum Gasteiger partial charge on any atom is -0.336 e. The van der Waals surface area contributed by atoms with E-state index in [9.17, 15) is 4.79 Å². The maximum Gasteiger partial charge on any atom is 0.244 e. The van der Waals surface area contributed by atoms with Crippen LogP contribution in [-0.4, -0.2) is 57.4 Å². The molecular weight excluding hydrogens is 302 g/mol. The van der Waals surface area contributed by atoms with Crippen LogP contribution in [0, 0.1) is 0 Å². The predicted octanol–water partition coefficient (Wildman–Crippen LogP) is 1.28. The second kappa shape index (κ2) is 6.36. The highest BCUT2D eigenvalue weighted by atomic mass is 16.2. The number of benzene rings is 1. The Morgan fingerprint density at radius 1 is 1.25 bits per heavy atom. The van der Waals surface area contributed by atoms with Crippen LogP contribution in [0.5, 0.6) is 0 Å². The molecule has 2 aliphatic heterocycles. The highest BCUT2D eigenvalue weighted by Crippen LogP contribution is 2.24. The number of hydrogen-bond donors (Lipinski definition) is 0. The van der Waals surface area contributed by atoms with Crippen molar-refractivity contribution in [1.29, 1.82) is 0 Å². The van der Waals surface area contributed by atoms with E-state index < -0.39 is 0 Å². The summed E-state index contributed by atoms with van der Waals surface area (Å²) in [5, 5.41) is 8.45. The maximum absolute atomic E-state index is 12.6. The van der Waals surface area contributed by atoms with Crippen molar-refractivity contribution in [3.05, 3.63) is 47.3 Å². The minimum atomic E-state index is 0.115. The molecule has 4 rings (SSSR count). The highest BCUT2D eigenvalue weighted by Gasteiger charge is 2.25. The van der Waals surface area contributed by atoms with Gasteiger partial charge in [0.2, 0.25) is 5.91 Å². The maximum atomic E-state index is 12.6. The van der Waals surface area contributed by atoms with Gasteiger partial charge in [-0.2, -0.15) is 0 Å². The normalized spacial score (nSPS) is 21.0. The van der Waals surface area contributed by atoms with E-state index in [1.807, 2.05) is 17.2 Å². The smallest absolute Gasteiger partial charge is 0.244 e. The molecule has 126 valence electrons. The van der Waals surface area contributed by atoms with E-state index in [0.29, 0.717) is 12.5 Å². The van der Waals surface area contributed by atoms with Gasteiger partial charge in [0.25, 0.3) is 0 Å². The van der Waals surface area contributed by atoms with Crippen molar-refractivity contribution in [3.8, 4) is 0 Å². The molecule has 24 heavy (non-hydrogen) atoms. The average molecular weight is 325 g/mol. The molecule has 3 heterocycles. The van der Waals surface area contributed by atoms with Gasteiger partial charge in [-0.25, -0.2) is 4.68 Å². The Morgan fingerprint density at radius 3 is 2.88 bits per heavy atom. The summed E-state index contributed by atoms with van der Waals surface area (Å²) in [6.45, 7) is 3.88. The lowest BCUT2D eigenvalue weighted by molar-refractivity contribution is -0.133. The summed E-state index contributed by atoms with van der Waals surface area (Å²) in [6, 6.07) is 8.36. The van der Waals surface area contributed by atoms with E-state index in [4.69, 9.17) is 0 Å². The van der Waals surface area contributed by atoms with Crippen molar-refractivity contribution in [2.24, 2.45) is 0 Å². The summed E-state index contributed by atoms with van der Waals surface area (Å²) in [4.78, 5) is 16.8. The molecule has 6 nitrogen and oxygen atoms in total. The van der Waals surface area contributed by atoms with Crippen LogP contribution in [0.1, 0.15) is 29.2 Å². The van der Waals surface area contributed by atoms with Gasteiger partial charge in [0.05, 0.1) is 5.69 Å². The van der Waals surface area contributed by atoms with E-state index in [0.717, 1.165) is 38.2 Å². The van der Waals surface area contributed by atoms with E-state index in [2.05, 4.69) is 40.5 Å². The zero-order valence-corrected chi connectivity index (χ0v) is 14.1. The summed E-state index contributed by atoms with van der Waals surface area (Å²) < 4.78 is 1.69. The van der Waals surface area contributed by atoms with Crippen LogP contribution in [0.3, 0.4) is 0 Å². The number of hydrogen-bond acceptors (Lipinski definition) is 4. The molecule has 1 unspecified atom stereocenters. The number of carbonyl (C=O) groups excluding carboxylic acids is 1. The van der Waals surface area contributed by atoms with Gasteiger partial charge in [-0.3, -0.25) is 4.79 Å². The van der Waals surface area contributed by atoms with E-state index in [-0.39, 0.29) is 12.5 Å². The van der Waals surface area contributed by atoms with E-state index in [1.165, 1.54) is 11.1 Å². The van der Waals surface area contributed by atoms with E-state index >= 15 is 0 Å². The van der Waals surface area contributed by atoms with Gasteiger partial charge in [0.15, 0.2) is 0 Å². The lowest BCUT2D eigenvalue weighted by Crippen LogP contribution is -2.38. The molecule has 0 saturated carbocycles. The molecule has 1 amide bonds. The number of fused-ring (bicyclic) bond motifs is 1. The molecule has 0 bridgehead atoms. The molecule has 1 aromatic heterocycles. The fourth-order valence-corrected chi connectivity index (χ4v) is 3.70. The molecule has 1 atom stereocenters. The fourth-order valence-electron chi connectivity index (χ4n) is 3.70. The molecule has 6 heteroatoms. The second-order valence-electron chi connectivity index (χ2n) is 6.92. The van der Waals surface area contributed by atoms with Gasteiger partial charge < -0.3 is 9.80 Å². The number of likely N-dealkylation sites (N-methyl/N-ethyl adjacent to an activating group) is 1. The third kappa shape index (κ3) is 3.06. The van der Waals surface area contributed by atoms with Gasteiger partial charge in [-0.15, -0.1) is 5.10 Å². The van der Waals surface area contributed by atoms with Gasteiger partial charge in [-0.1, -0.05) is 29.5 Å². The number of carbonyl (C=O) groups is 1. The van der Waals surface area contributed by atoms with Gasteiger partial charge >= 0.3 is 0 Å². The van der Waals surface area contributed by atoms with E-state index in [1.54, 1.807) is 4.68 Å². The van der Waals surface area contributed by atoms with Crippen molar-refractivity contribution >= 4 is 5.91 Å². The Labute approximate surface area is 142 Å². The summed E-state index contributed by atoms with van der Waals surface area (Å²) in [5.74, 6) is 0.560. The van der Waals surface area contributed by atoms with Crippen LogP contribution < -0.4 is 0 Å². The third-order valence-corrected chi connectivity index (χ3v) is 5.15. The highest BCUT2D eigenvalue weighted by molar-refractivity contribution is 5.76. The Kier molecular flexibility index (Phi) is 4.06. The number of amides is 1. The van der Waals surface area contributed by atoms with Crippen molar-refractivity contribution in [3.63, 3.8) is 0 Å². The number of nitrogens with zero attached hydrogens (tertiary/aromatic N) is 5. The largest absolute Gasteiger partial charge is 0.336 e. The van der Waals surface area contributed by atoms with Crippen LogP contribution in [0.2, 0.25) is 0 Å².